The average Bonchev–Trinajstić information content (AvgIpc) is 3.50. The maximum atomic E-state index is 13.0. The van der Waals surface area contributed by atoms with Crippen molar-refractivity contribution in [2.75, 3.05) is 26.2 Å². The highest BCUT2D eigenvalue weighted by Gasteiger charge is 2.33. The van der Waals surface area contributed by atoms with Crippen LogP contribution in [0.2, 0.25) is 0 Å². The predicted octanol–water partition coefficient (Wildman–Crippen LogP) is 3.37. The van der Waals surface area contributed by atoms with Gasteiger partial charge in [-0.15, -0.1) is 0 Å². The van der Waals surface area contributed by atoms with Crippen LogP contribution < -0.4 is 0 Å². The number of carbonyl (C=O) groups excluding carboxylic acids is 1. The van der Waals surface area contributed by atoms with Gasteiger partial charge >= 0.3 is 11.9 Å². The summed E-state index contributed by atoms with van der Waals surface area (Å²) in [6, 6.07) is 16.3. The third kappa shape index (κ3) is 6.07. The largest absolute Gasteiger partial charge is 0.478 e. The number of furan rings is 1. The summed E-state index contributed by atoms with van der Waals surface area (Å²) < 4.78 is 8.01. The zero-order valence-corrected chi connectivity index (χ0v) is 19.1. The van der Waals surface area contributed by atoms with E-state index in [4.69, 9.17) is 14.6 Å². The second-order valence-corrected chi connectivity index (χ2v) is 8.38. The summed E-state index contributed by atoms with van der Waals surface area (Å²) in [5.41, 5.74) is 2.08. The molecule has 1 amide bonds. The molecule has 0 radical (unpaired) electrons. The summed E-state index contributed by atoms with van der Waals surface area (Å²) in [4.78, 5) is 36.6. The summed E-state index contributed by atoms with van der Waals surface area (Å²) in [5, 5.41) is 15.6. The van der Waals surface area contributed by atoms with Gasteiger partial charge in [0.25, 0.3) is 5.91 Å². The Morgan fingerprint density at radius 2 is 1.46 bits per heavy atom. The SMILES string of the molecule is O=C(O)/C=C/C(=O)O.O=C(c1ccc(-c2ccc(-n3cccc3)cc2)o1)N1CCN2CCC1CC2. The number of carboxylic acid groups (broad SMARTS) is 2. The number of rotatable bonds is 5. The van der Waals surface area contributed by atoms with E-state index in [9.17, 15) is 14.4 Å². The second kappa shape index (κ2) is 10.9. The number of carboxylic acids is 2. The van der Waals surface area contributed by atoms with Crippen LogP contribution in [0.15, 0.2) is 77.5 Å². The lowest BCUT2D eigenvalue weighted by Gasteiger charge is -2.30. The standard InChI is InChI=1S/C22H23N3O2.C4H4O4/c26-22(25-16-15-23-13-9-19(25)10-14-23)21-8-7-20(27-21)17-3-5-18(6-4-17)24-11-1-2-12-24;5-3(6)1-2-4(7)8/h1-8,11-12,19H,9-10,13-16H2;1-2H,(H,5,6)(H,7,8)/b;2-1+. The molecule has 5 heterocycles. The third-order valence-corrected chi connectivity index (χ3v) is 6.16. The quantitative estimate of drug-likeness (QED) is 0.541. The van der Waals surface area contributed by atoms with E-state index in [0.29, 0.717) is 24.0 Å². The first kappa shape index (κ1) is 24.0. The van der Waals surface area contributed by atoms with Crippen molar-refractivity contribution in [1.82, 2.24) is 14.4 Å². The molecular weight excluding hydrogens is 450 g/mol. The minimum atomic E-state index is -1.26. The van der Waals surface area contributed by atoms with Crippen LogP contribution in [0.5, 0.6) is 0 Å². The molecule has 0 saturated carbocycles. The van der Waals surface area contributed by atoms with Gasteiger partial charge in [0, 0.05) is 68.0 Å². The van der Waals surface area contributed by atoms with Crippen molar-refractivity contribution in [3.05, 3.63) is 78.8 Å². The summed E-state index contributed by atoms with van der Waals surface area (Å²) in [7, 11) is 0. The molecule has 9 nitrogen and oxygen atoms in total. The maximum Gasteiger partial charge on any atom is 0.328 e. The molecular formula is C26H27N3O6. The van der Waals surface area contributed by atoms with Crippen molar-refractivity contribution in [3.8, 4) is 17.0 Å². The molecule has 0 atom stereocenters. The molecule has 3 fully saturated rings. The molecule has 1 aromatic carbocycles. The molecule has 2 bridgehead atoms. The topological polar surface area (TPSA) is 116 Å². The number of hydrogen-bond acceptors (Lipinski definition) is 5. The lowest BCUT2D eigenvalue weighted by atomic mass is 10.1. The first-order valence-corrected chi connectivity index (χ1v) is 11.4. The number of piperidine rings is 1. The van der Waals surface area contributed by atoms with Crippen LogP contribution >= 0.6 is 0 Å². The Kier molecular flexibility index (Phi) is 7.47. The van der Waals surface area contributed by atoms with Gasteiger partial charge in [-0.3, -0.25) is 4.79 Å². The van der Waals surface area contributed by atoms with Gasteiger partial charge < -0.3 is 29.0 Å². The van der Waals surface area contributed by atoms with E-state index in [2.05, 4.69) is 21.6 Å². The van der Waals surface area contributed by atoms with Crippen molar-refractivity contribution in [3.63, 3.8) is 0 Å². The van der Waals surface area contributed by atoms with Crippen LogP contribution in [0.3, 0.4) is 0 Å². The molecule has 35 heavy (non-hydrogen) atoms. The molecule has 3 saturated heterocycles. The van der Waals surface area contributed by atoms with Gasteiger partial charge in [0.2, 0.25) is 0 Å². The predicted molar refractivity (Wildman–Crippen MR) is 128 cm³/mol. The van der Waals surface area contributed by atoms with E-state index >= 15 is 0 Å². The monoisotopic (exact) mass is 477 g/mol. The van der Waals surface area contributed by atoms with Gasteiger partial charge in [-0.25, -0.2) is 9.59 Å². The normalized spacial score (nSPS) is 19.1. The van der Waals surface area contributed by atoms with Gasteiger partial charge in [0.05, 0.1) is 0 Å². The van der Waals surface area contributed by atoms with Crippen LogP contribution in [0, 0.1) is 0 Å². The number of amides is 1. The zero-order valence-electron chi connectivity index (χ0n) is 19.1. The molecule has 6 rings (SSSR count). The average molecular weight is 478 g/mol. The molecule has 9 heteroatoms. The number of fused-ring (bicyclic) bond motifs is 4. The van der Waals surface area contributed by atoms with Crippen LogP contribution in [-0.2, 0) is 9.59 Å². The van der Waals surface area contributed by atoms with Gasteiger partial charge in [-0.1, -0.05) is 0 Å². The van der Waals surface area contributed by atoms with Crippen LogP contribution in [0.4, 0.5) is 0 Å². The minimum Gasteiger partial charge on any atom is -0.478 e. The lowest BCUT2D eigenvalue weighted by molar-refractivity contribution is -0.134. The highest BCUT2D eigenvalue weighted by atomic mass is 16.4. The Hall–Kier alpha value is -4.11. The fourth-order valence-electron chi connectivity index (χ4n) is 4.35. The molecule has 0 unspecified atom stereocenters. The van der Waals surface area contributed by atoms with Crippen LogP contribution in [0.25, 0.3) is 17.0 Å². The minimum absolute atomic E-state index is 0.0268. The van der Waals surface area contributed by atoms with E-state index in [1.54, 1.807) is 0 Å². The molecule has 0 spiro atoms. The van der Waals surface area contributed by atoms with Gasteiger partial charge in [0.1, 0.15) is 5.76 Å². The van der Waals surface area contributed by atoms with Crippen molar-refractivity contribution in [2.45, 2.75) is 18.9 Å². The number of aliphatic carboxylic acids is 2. The first-order chi connectivity index (χ1) is 16.9. The lowest BCUT2D eigenvalue weighted by Crippen LogP contribution is -2.41. The van der Waals surface area contributed by atoms with Crippen molar-refractivity contribution >= 4 is 17.8 Å². The second-order valence-electron chi connectivity index (χ2n) is 8.38. The van der Waals surface area contributed by atoms with Crippen LogP contribution in [-0.4, -0.2) is 74.6 Å². The molecule has 182 valence electrons. The Balaban J connectivity index is 0.000000314. The number of benzene rings is 1. The summed E-state index contributed by atoms with van der Waals surface area (Å²) in [6.45, 7) is 3.97. The Bertz CT molecular complexity index is 1170. The summed E-state index contributed by atoms with van der Waals surface area (Å²) in [6.07, 6.45) is 7.29. The van der Waals surface area contributed by atoms with Gasteiger partial charge in [-0.05, 0) is 61.4 Å². The van der Waals surface area contributed by atoms with Gasteiger partial charge in [0.15, 0.2) is 5.76 Å². The zero-order chi connectivity index (χ0) is 24.8. The summed E-state index contributed by atoms with van der Waals surface area (Å²) >= 11 is 0. The molecule has 2 N–H and O–H groups in total. The van der Waals surface area contributed by atoms with Crippen molar-refractivity contribution in [1.29, 1.82) is 0 Å². The van der Waals surface area contributed by atoms with E-state index in [1.807, 2.05) is 53.7 Å². The summed E-state index contributed by atoms with van der Waals surface area (Å²) in [5.74, 6) is -1.31. The molecule has 3 aliphatic rings. The van der Waals surface area contributed by atoms with E-state index in [0.717, 1.165) is 56.0 Å². The Labute approximate surface area is 202 Å². The highest BCUT2D eigenvalue weighted by Crippen LogP contribution is 2.27. The maximum absolute atomic E-state index is 13.0. The fourth-order valence-corrected chi connectivity index (χ4v) is 4.35. The van der Waals surface area contributed by atoms with Crippen molar-refractivity contribution < 1.29 is 29.0 Å². The van der Waals surface area contributed by atoms with Crippen LogP contribution in [0.1, 0.15) is 23.4 Å². The van der Waals surface area contributed by atoms with E-state index in [-0.39, 0.29) is 5.91 Å². The van der Waals surface area contributed by atoms with E-state index in [1.165, 1.54) is 0 Å². The Morgan fingerprint density at radius 3 is 2.06 bits per heavy atom. The van der Waals surface area contributed by atoms with Gasteiger partial charge in [-0.2, -0.15) is 0 Å². The Morgan fingerprint density at radius 1 is 0.829 bits per heavy atom. The molecule has 0 aliphatic carbocycles. The fraction of sp³-hybridized carbons (Fsp3) is 0.269. The smallest absolute Gasteiger partial charge is 0.328 e. The van der Waals surface area contributed by atoms with Crippen molar-refractivity contribution in [2.24, 2.45) is 0 Å². The number of nitrogens with zero attached hydrogens (tertiary/aromatic N) is 3. The number of carbonyl (C=O) groups is 3. The number of hydrogen-bond donors (Lipinski definition) is 2. The highest BCUT2D eigenvalue weighted by molar-refractivity contribution is 5.92. The molecule has 3 aliphatic heterocycles. The van der Waals surface area contributed by atoms with E-state index < -0.39 is 11.9 Å². The molecule has 3 aromatic rings. The molecule has 2 aromatic heterocycles. The number of aromatic nitrogens is 1. The third-order valence-electron chi connectivity index (χ3n) is 6.16. The first-order valence-electron chi connectivity index (χ1n) is 11.4.